The predicted molar refractivity (Wildman–Crippen MR) is 224 cm³/mol. The smallest absolute Gasteiger partial charge is 0.273 e. The lowest BCUT2D eigenvalue weighted by atomic mass is 10.0. The van der Waals surface area contributed by atoms with Crippen LogP contribution in [0, 0.1) is 0 Å². The zero-order valence-corrected chi connectivity index (χ0v) is 36.3. The molecule has 322 valence electrons. The largest absolute Gasteiger partial charge is 0.550 e. The Balaban J connectivity index is 0.000000849. The minimum absolute atomic E-state index is 1.18. The van der Waals surface area contributed by atoms with Crippen LogP contribution < -0.4 is 19.3 Å². The fraction of sp³-hybridized carbons (Fsp3) is 0.739. The van der Waals surface area contributed by atoms with Gasteiger partial charge in [-0.05, 0) is 12.8 Å². The fourth-order valence-corrected chi connectivity index (χ4v) is 7.20. The Bertz CT molecular complexity index is 1200. The molecule has 0 saturated carbocycles. The van der Waals surface area contributed by atoms with E-state index in [0.717, 1.165) is 0 Å². The van der Waals surface area contributed by atoms with Crippen LogP contribution >= 0.6 is 0 Å². The van der Waals surface area contributed by atoms with Crippen molar-refractivity contribution >= 4 is 22.1 Å². The van der Waals surface area contributed by atoms with E-state index in [9.17, 15) is 28.2 Å². The summed E-state index contributed by atoms with van der Waals surface area (Å²) in [6.07, 6.45) is 47.5. The Morgan fingerprint density at radius 1 is 0.464 bits per heavy atom. The van der Waals surface area contributed by atoms with Crippen molar-refractivity contribution in [2.24, 2.45) is 0 Å². The minimum Gasteiger partial charge on any atom is -0.550 e. The number of hydrogen-bond donors (Lipinski definition) is 1. The van der Waals surface area contributed by atoms with Crippen molar-refractivity contribution < 1.29 is 41.9 Å². The lowest BCUT2D eigenvalue weighted by Crippen LogP contribution is -2.44. The van der Waals surface area contributed by atoms with E-state index < -0.39 is 33.7 Å². The molecule has 0 amide bonds. The molecule has 0 saturated heterocycles. The van der Waals surface area contributed by atoms with Gasteiger partial charge in [0, 0.05) is 49.5 Å². The lowest BCUT2D eigenvalue weighted by Gasteiger charge is -2.14. The van der Waals surface area contributed by atoms with E-state index in [1.165, 1.54) is 193 Å². The molecule has 1 atom stereocenters. The highest BCUT2D eigenvalue weighted by atomic mass is 32.2. The maximum atomic E-state index is 10.2. The Labute approximate surface area is 342 Å². The highest BCUT2D eigenvalue weighted by molar-refractivity contribution is 7.87. The molecule has 1 unspecified atom stereocenters. The second-order valence-corrected chi connectivity index (χ2v) is 16.9. The summed E-state index contributed by atoms with van der Waals surface area (Å²) in [7, 11) is -4.94. The Kier molecular flexibility index (Phi) is 37.0. The summed E-state index contributed by atoms with van der Waals surface area (Å²) in [5, 5.41) is 17.3. The first-order valence-electron chi connectivity index (χ1n) is 22.4. The lowest BCUT2D eigenvalue weighted by molar-refractivity contribution is -0.697. The third-order valence-electron chi connectivity index (χ3n) is 10.1. The van der Waals surface area contributed by atoms with E-state index in [1.54, 1.807) is 0 Å². The number of carboxylic acids is 2. The van der Waals surface area contributed by atoms with Gasteiger partial charge in [-0.3, -0.25) is 4.55 Å². The summed E-state index contributed by atoms with van der Waals surface area (Å²) < 4.78 is 33.0. The van der Waals surface area contributed by atoms with Gasteiger partial charge in [-0.2, -0.15) is 8.42 Å². The summed E-state index contributed by atoms with van der Waals surface area (Å²) in [5.41, 5.74) is 0. The van der Waals surface area contributed by atoms with E-state index in [0.29, 0.717) is 0 Å². The molecule has 0 spiro atoms. The molecule has 0 bridgehead atoms. The van der Waals surface area contributed by atoms with Crippen LogP contribution in [0.2, 0.25) is 0 Å². The maximum Gasteiger partial charge on any atom is 0.273 e. The van der Waals surface area contributed by atoms with E-state index in [4.69, 9.17) is 4.55 Å². The highest BCUT2D eigenvalue weighted by Gasteiger charge is 2.24. The third-order valence-corrected chi connectivity index (χ3v) is 11.1. The molecule has 0 aliphatic heterocycles. The van der Waals surface area contributed by atoms with E-state index >= 15 is 0 Å². The average molecular weight is 805 g/mol. The molecule has 1 N–H and O–H groups in total. The summed E-state index contributed by atoms with van der Waals surface area (Å²) in [5.74, 6) is -4.08. The normalized spacial score (nSPS) is 11.6. The Hall–Kier alpha value is -2.85. The van der Waals surface area contributed by atoms with Crippen molar-refractivity contribution in [1.82, 2.24) is 0 Å². The van der Waals surface area contributed by atoms with Crippen LogP contribution in [0.15, 0.2) is 61.2 Å². The van der Waals surface area contributed by atoms with Crippen molar-refractivity contribution in [1.29, 1.82) is 0 Å². The maximum absolute atomic E-state index is 10.2. The second-order valence-electron chi connectivity index (χ2n) is 15.3. The number of aromatic nitrogens is 2. The van der Waals surface area contributed by atoms with Gasteiger partial charge in [-0.1, -0.05) is 180 Å². The summed E-state index contributed by atoms with van der Waals surface area (Å²) in [4.78, 5) is 19.7. The fourth-order valence-electron chi connectivity index (χ4n) is 6.61. The molecule has 0 aliphatic carbocycles. The number of aliphatic carboxylic acids is 2. The molecule has 0 fully saturated rings. The zero-order valence-electron chi connectivity index (χ0n) is 35.5. The predicted octanol–water partition coefficient (Wildman–Crippen LogP) is 9.04. The highest BCUT2D eigenvalue weighted by Crippen LogP contribution is 2.14. The van der Waals surface area contributed by atoms with Crippen LogP contribution in [0.25, 0.3) is 0 Å². The summed E-state index contributed by atoms with van der Waals surface area (Å²) >= 11 is 0. The van der Waals surface area contributed by atoms with Gasteiger partial charge in [0.25, 0.3) is 10.1 Å². The van der Waals surface area contributed by atoms with Gasteiger partial charge in [0.05, 0.1) is 5.97 Å². The monoisotopic (exact) mass is 805 g/mol. The molecule has 56 heavy (non-hydrogen) atoms. The summed E-state index contributed by atoms with van der Waals surface area (Å²) in [6, 6.07) is 12.6. The van der Waals surface area contributed by atoms with Crippen molar-refractivity contribution in [2.75, 3.05) is 0 Å². The molecule has 0 aliphatic rings. The molecule has 0 aromatic carbocycles. The average Bonchev–Trinajstić information content (AvgIpc) is 3.18. The number of rotatable bonds is 34. The van der Waals surface area contributed by atoms with Crippen LogP contribution in [0.5, 0.6) is 0 Å². The number of carbonyl (C=O) groups is 2. The molecule has 2 aromatic rings. The van der Waals surface area contributed by atoms with Crippen LogP contribution in [-0.4, -0.2) is 30.2 Å². The van der Waals surface area contributed by atoms with Crippen LogP contribution in [0.1, 0.15) is 200 Å². The SMILES string of the molecule is CCCCCCCCCCCCCCCC[n+]1ccccc1.CCCCCCCCCCCCCCCC[n+]1ccccc1.O=C([O-])CC(C(=O)[O-])S(=O)(=O)O. The van der Waals surface area contributed by atoms with Gasteiger partial charge in [-0.25, -0.2) is 9.13 Å². The summed E-state index contributed by atoms with van der Waals surface area (Å²) in [6.45, 7) is 6.94. The van der Waals surface area contributed by atoms with Gasteiger partial charge in [0.1, 0.15) is 18.3 Å². The molecule has 0 radical (unpaired) electrons. The number of nitrogens with zero attached hydrogens (tertiary/aromatic N) is 2. The molecule has 2 aromatic heterocycles. The third kappa shape index (κ3) is 36.8. The van der Waals surface area contributed by atoms with Gasteiger partial charge >= 0.3 is 0 Å². The quantitative estimate of drug-likeness (QED) is 0.0423. The number of pyridine rings is 2. The number of hydrogen-bond acceptors (Lipinski definition) is 6. The first kappa shape index (κ1) is 53.1. The first-order valence-corrected chi connectivity index (χ1v) is 23.9. The van der Waals surface area contributed by atoms with Gasteiger partial charge < -0.3 is 19.8 Å². The van der Waals surface area contributed by atoms with Crippen molar-refractivity contribution in [3.8, 4) is 0 Å². The van der Waals surface area contributed by atoms with Crippen LogP contribution in [-0.2, 0) is 32.8 Å². The van der Waals surface area contributed by atoms with E-state index in [1.807, 2.05) is 0 Å². The molecule has 10 heteroatoms. The van der Waals surface area contributed by atoms with Crippen LogP contribution in [0.4, 0.5) is 0 Å². The number of unbranched alkanes of at least 4 members (excludes halogenated alkanes) is 26. The van der Waals surface area contributed by atoms with Crippen LogP contribution in [0.3, 0.4) is 0 Å². The first-order chi connectivity index (χ1) is 27.1. The number of aryl methyl sites for hydroxylation is 2. The van der Waals surface area contributed by atoms with Crippen molar-refractivity contribution in [3.63, 3.8) is 0 Å². The van der Waals surface area contributed by atoms with E-state index in [-0.39, 0.29) is 0 Å². The number of carboxylic acid groups (broad SMARTS) is 2. The molecule has 9 nitrogen and oxygen atoms in total. The van der Waals surface area contributed by atoms with E-state index in [2.05, 4.69) is 84.2 Å². The Morgan fingerprint density at radius 2 is 0.714 bits per heavy atom. The molecular weight excluding hydrogens is 725 g/mol. The van der Waals surface area contributed by atoms with Gasteiger partial charge in [-0.15, -0.1) is 0 Å². The molecule has 2 heterocycles. The Morgan fingerprint density at radius 3 is 0.911 bits per heavy atom. The molecular formula is C46H80N2O7S. The van der Waals surface area contributed by atoms with Crippen molar-refractivity contribution in [3.05, 3.63) is 61.2 Å². The molecule has 2 rings (SSSR count). The van der Waals surface area contributed by atoms with Crippen molar-refractivity contribution in [2.45, 2.75) is 218 Å². The van der Waals surface area contributed by atoms with Gasteiger partial charge in [0.2, 0.25) is 0 Å². The van der Waals surface area contributed by atoms with Gasteiger partial charge in [0.15, 0.2) is 24.8 Å². The standard InChI is InChI=1S/2C21H38N.C4H6O7S/c2*1-2-3-4-5-6-7-8-9-10-11-12-13-14-16-19-22-20-17-15-18-21-22;5-3(6)1-2(4(7)8)12(9,10)11/h2*15,17-18,20-21H,2-14,16,19H2,1H3;2H,1H2,(H,5,6)(H,7,8)(H,9,10,11)/q2*+1;/p-2. The second kappa shape index (κ2) is 39.0. The topological polar surface area (TPSA) is 142 Å². The zero-order chi connectivity index (χ0) is 41.4. The number of carbonyl (C=O) groups excluding carboxylic acids is 2. The minimum atomic E-state index is -4.94.